The highest BCUT2D eigenvalue weighted by atomic mass is 32.2. The van der Waals surface area contributed by atoms with Gasteiger partial charge in [-0.15, -0.1) is 5.10 Å². The molecule has 0 aliphatic heterocycles. The second-order valence-electron chi connectivity index (χ2n) is 3.78. The quantitative estimate of drug-likeness (QED) is 0.589. The SMILES string of the molecule is Cn1nnnc1SCCCOc1cccc(C#N)c1. The summed E-state index contributed by atoms with van der Waals surface area (Å²) in [6.07, 6.45) is 0.883. The molecule has 0 unspecified atom stereocenters. The molecule has 0 aliphatic carbocycles. The smallest absolute Gasteiger partial charge is 0.209 e. The molecule has 6 nitrogen and oxygen atoms in total. The van der Waals surface area contributed by atoms with Crippen molar-refractivity contribution in [2.45, 2.75) is 11.6 Å². The maximum Gasteiger partial charge on any atom is 0.209 e. The van der Waals surface area contributed by atoms with Crippen molar-refractivity contribution in [3.8, 4) is 11.8 Å². The number of aromatic nitrogens is 4. The van der Waals surface area contributed by atoms with Crippen LogP contribution in [0.1, 0.15) is 12.0 Å². The molecule has 0 atom stereocenters. The standard InChI is InChI=1S/C12H13N5OS/c1-17-12(14-15-16-17)19-7-3-6-18-11-5-2-4-10(8-11)9-13/h2,4-5,8H,3,6-7H2,1H3. The summed E-state index contributed by atoms with van der Waals surface area (Å²) in [5.41, 5.74) is 0.608. The maximum atomic E-state index is 8.77. The molecule has 1 aromatic carbocycles. The molecule has 98 valence electrons. The molecule has 0 saturated carbocycles. The molecule has 0 bridgehead atoms. The van der Waals surface area contributed by atoms with Gasteiger partial charge in [0.25, 0.3) is 0 Å². The van der Waals surface area contributed by atoms with E-state index in [0.717, 1.165) is 23.1 Å². The third kappa shape index (κ3) is 3.96. The summed E-state index contributed by atoms with van der Waals surface area (Å²) in [6, 6.07) is 9.24. The maximum absolute atomic E-state index is 8.77. The number of thioether (sulfide) groups is 1. The summed E-state index contributed by atoms with van der Waals surface area (Å²) < 4.78 is 7.22. The molecule has 1 aromatic heterocycles. The van der Waals surface area contributed by atoms with Crippen molar-refractivity contribution in [1.82, 2.24) is 20.2 Å². The number of ether oxygens (including phenoxy) is 1. The average molecular weight is 275 g/mol. The van der Waals surface area contributed by atoms with E-state index >= 15 is 0 Å². The van der Waals surface area contributed by atoms with Crippen LogP contribution < -0.4 is 4.74 Å². The fourth-order valence-corrected chi connectivity index (χ4v) is 2.17. The van der Waals surface area contributed by atoms with Crippen LogP contribution in [-0.4, -0.2) is 32.6 Å². The monoisotopic (exact) mass is 275 g/mol. The normalized spacial score (nSPS) is 10.1. The summed E-state index contributed by atoms with van der Waals surface area (Å²) in [5, 5.41) is 20.8. The Kier molecular flexibility index (Phi) is 4.75. The number of nitrogens with zero attached hydrogens (tertiary/aromatic N) is 5. The van der Waals surface area contributed by atoms with Gasteiger partial charge in [-0.3, -0.25) is 0 Å². The number of tetrazole rings is 1. The molecule has 0 saturated heterocycles. The summed E-state index contributed by atoms with van der Waals surface area (Å²) in [5.74, 6) is 1.61. The first-order valence-electron chi connectivity index (χ1n) is 5.77. The highest BCUT2D eigenvalue weighted by Crippen LogP contribution is 2.15. The molecular weight excluding hydrogens is 262 g/mol. The van der Waals surface area contributed by atoms with Crippen LogP contribution >= 0.6 is 11.8 Å². The number of benzene rings is 1. The minimum absolute atomic E-state index is 0.604. The Hall–Kier alpha value is -2.07. The van der Waals surface area contributed by atoms with Gasteiger partial charge >= 0.3 is 0 Å². The average Bonchev–Trinajstić information content (AvgIpc) is 2.84. The van der Waals surface area contributed by atoms with Gasteiger partial charge < -0.3 is 4.74 Å². The summed E-state index contributed by atoms with van der Waals surface area (Å²) in [4.78, 5) is 0. The van der Waals surface area contributed by atoms with Crippen molar-refractivity contribution in [3.63, 3.8) is 0 Å². The first-order chi connectivity index (χ1) is 9.29. The van der Waals surface area contributed by atoms with Gasteiger partial charge in [0, 0.05) is 12.8 Å². The zero-order valence-corrected chi connectivity index (χ0v) is 11.3. The predicted octanol–water partition coefficient (Wildman–Crippen LogP) is 1.64. The minimum Gasteiger partial charge on any atom is -0.494 e. The van der Waals surface area contributed by atoms with Gasteiger partial charge in [-0.25, -0.2) is 4.68 Å². The van der Waals surface area contributed by atoms with E-state index in [1.54, 1.807) is 28.6 Å². The highest BCUT2D eigenvalue weighted by Gasteiger charge is 2.02. The van der Waals surface area contributed by atoms with Crippen molar-refractivity contribution in [2.75, 3.05) is 12.4 Å². The van der Waals surface area contributed by atoms with Crippen molar-refractivity contribution in [2.24, 2.45) is 7.05 Å². The van der Waals surface area contributed by atoms with Crippen LogP contribution in [0.5, 0.6) is 5.75 Å². The molecule has 0 fully saturated rings. The molecule has 1 heterocycles. The fraction of sp³-hybridized carbons (Fsp3) is 0.333. The lowest BCUT2D eigenvalue weighted by Crippen LogP contribution is -2.00. The lowest BCUT2D eigenvalue weighted by atomic mass is 10.2. The van der Waals surface area contributed by atoms with E-state index in [-0.39, 0.29) is 0 Å². The molecular formula is C12H13N5OS. The largest absolute Gasteiger partial charge is 0.494 e. The molecule has 0 aliphatic rings. The molecule has 0 amide bonds. The Morgan fingerprint density at radius 2 is 2.37 bits per heavy atom. The van der Waals surface area contributed by atoms with Crippen molar-refractivity contribution in [3.05, 3.63) is 29.8 Å². The van der Waals surface area contributed by atoms with Crippen LogP contribution in [0, 0.1) is 11.3 Å². The van der Waals surface area contributed by atoms with Crippen LogP contribution in [0.4, 0.5) is 0 Å². The summed E-state index contributed by atoms with van der Waals surface area (Å²) >= 11 is 1.59. The Labute approximate surface area is 115 Å². The first-order valence-corrected chi connectivity index (χ1v) is 6.76. The Bertz CT molecular complexity index is 577. The van der Waals surface area contributed by atoms with E-state index in [1.165, 1.54) is 0 Å². The number of hydrogen-bond donors (Lipinski definition) is 0. The van der Waals surface area contributed by atoms with Crippen molar-refractivity contribution >= 4 is 11.8 Å². The van der Waals surface area contributed by atoms with Gasteiger partial charge in [-0.1, -0.05) is 17.8 Å². The number of hydrogen-bond acceptors (Lipinski definition) is 6. The molecule has 0 spiro atoms. The van der Waals surface area contributed by atoms with E-state index in [9.17, 15) is 0 Å². The third-order valence-electron chi connectivity index (χ3n) is 2.33. The van der Waals surface area contributed by atoms with Gasteiger partial charge in [-0.2, -0.15) is 5.26 Å². The Balaban J connectivity index is 1.69. The molecule has 7 heteroatoms. The van der Waals surface area contributed by atoms with E-state index in [2.05, 4.69) is 21.6 Å². The van der Waals surface area contributed by atoms with Gasteiger partial charge in [0.2, 0.25) is 5.16 Å². The zero-order valence-electron chi connectivity index (χ0n) is 10.5. The molecule has 0 radical (unpaired) electrons. The summed E-state index contributed by atoms with van der Waals surface area (Å²) in [6.45, 7) is 0.604. The second kappa shape index (κ2) is 6.75. The molecule has 0 N–H and O–H groups in total. The van der Waals surface area contributed by atoms with E-state index in [1.807, 2.05) is 19.2 Å². The van der Waals surface area contributed by atoms with E-state index < -0.39 is 0 Å². The number of aryl methyl sites for hydroxylation is 1. The predicted molar refractivity (Wildman–Crippen MR) is 70.8 cm³/mol. The number of rotatable bonds is 6. The highest BCUT2D eigenvalue weighted by molar-refractivity contribution is 7.99. The van der Waals surface area contributed by atoms with Gasteiger partial charge in [0.15, 0.2) is 0 Å². The van der Waals surface area contributed by atoms with Gasteiger partial charge in [-0.05, 0) is 35.0 Å². The molecule has 2 rings (SSSR count). The van der Waals surface area contributed by atoms with Crippen LogP contribution in [0.25, 0.3) is 0 Å². The number of nitriles is 1. The van der Waals surface area contributed by atoms with Gasteiger partial charge in [0.05, 0.1) is 18.2 Å². The van der Waals surface area contributed by atoms with Crippen molar-refractivity contribution < 1.29 is 4.74 Å². The van der Waals surface area contributed by atoms with Crippen molar-refractivity contribution in [1.29, 1.82) is 5.26 Å². The van der Waals surface area contributed by atoms with Crippen LogP contribution in [0.3, 0.4) is 0 Å². The van der Waals surface area contributed by atoms with Crippen LogP contribution in [0.2, 0.25) is 0 Å². The van der Waals surface area contributed by atoms with Gasteiger partial charge in [0.1, 0.15) is 5.75 Å². The molecule has 19 heavy (non-hydrogen) atoms. The van der Waals surface area contributed by atoms with Crippen LogP contribution in [0.15, 0.2) is 29.4 Å². The fourth-order valence-electron chi connectivity index (χ4n) is 1.41. The van der Waals surface area contributed by atoms with E-state index in [4.69, 9.17) is 10.00 Å². The topological polar surface area (TPSA) is 76.6 Å². The molecule has 2 aromatic rings. The zero-order chi connectivity index (χ0) is 13.5. The lowest BCUT2D eigenvalue weighted by molar-refractivity contribution is 0.318. The third-order valence-corrected chi connectivity index (χ3v) is 3.43. The second-order valence-corrected chi connectivity index (χ2v) is 4.84. The first kappa shape index (κ1) is 13.4. The minimum atomic E-state index is 0.604. The Morgan fingerprint density at radius 1 is 1.47 bits per heavy atom. The van der Waals surface area contributed by atoms with Crippen LogP contribution in [-0.2, 0) is 7.05 Å². The van der Waals surface area contributed by atoms with E-state index in [0.29, 0.717) is 12.2 Å². The Morgan fingerprint density at radius 3 is 3.11 bits per heavy atom. The summed E-state index contributed by atoms with van der Waals surface area (Å²) in [7, 11) is 1.81. The lowest BCUT2D eigenvalue weighted by Gasteiger charge is -2.05.